The van der Waals surface area contributed by atoms with E-state index >= 15 is 0 Å². The molecule has 1 saturated heterocycles. The third-order valence-corrected chi connectivity index (χ3v) is 6.51. The maximum absolute atomic E-state index is 12.6. The monoisotopic (exact) mass is 547 g/mol. The number of rotatable bonds is 9. The second-order valence-electron chi connectivity index (χ2n) is 8.65. The molecule has 2 aromatic rings. The number of amides is 4. The lowest BCUT2D eigenvalue weighted by molar-refractivity contribution is -0.133. The van der Waals surface area contributed by atoms with Crippen molar-refractivity contribution in [2.45, 2.75) is 45.2 Å². The van der Waals surface area contributed by atoms with E-state index in [1.54, 1.807) is 19.0 Å². The van der Waals surface area contributed by atoms with Gasteiger partial charge in [-0.2, -0.15) is 4.99 Å². The van der Waals surface area contributed by atoms with E-state index in [1.807, 2.05) is 24.3 Å². The number of hydrogen-bond donors (Lipinski definition) is 5. The number of anilines is 2. The summed E-state index contributed by atoms with van der Waals surface area (Å²) in [6.07, 6.45) is 1.82. The predicted octanol–water partition coefficient (Wildman–Crippen LogP) is 2.68. The third-order valence-electron chi connectivity index (χ3n) is 5.51. The number of primary amides is 1. The normalized spacial score (nSPS) is 15.0. The van der Waals surface area contributed by atoms with Crippen molar-refractivity contribution in [1.82, 2.24) is 14.8 Å². The molecule has 1 aliphatic rings. The van der Waals surface area contributed by atoms with Crippen LogP contribution in [0.3, 0.4) is 0 Å². The second kappa shape index (κ2) is 14.6. The predicted molar refractivity (Wildman–Crippen MR) is 145 cm³/mol. The van der Waals surface area contributed by atoms with Crippen molar-refractivity contribution < 1.29 is 29.4 Å². The Bertz CT molecular complexity index is 1150. The minimum Gasteiger partial charge on any atom is -0.465 e. The molecule has 0 aliphatic carbocycles. The van der Waals surface area contributed by atoms with E-state index in [2.05, 4.69) is 31.2 Å². The van der Waals surface area contributed by atoms with E-state index in [4.69, 9.17) is 15.0 Å². The molecule has 13 nitrogen and oxygen atoms in total. The average Bonchev–Trinajstić information content (AvgIpc) is 3.43. The molecule has 3 rings (SSSR count). The van der Waals surface area contributed by atoms with Crippen LogP contribution < -0.4 is 16.4 Å². The number of carbonyl (C=O) groups excluding carboxylic acids is 2. The molecule has 6 N–H and O–H groups in total. The highest BCUT2D eigenvalue weighted by Crippen LogP contribution is 2.29. The number of hydrogen-bond acceptors (Lipinski definition) is 7. The van der Waals surface area contributed by atoms with Crippen LogP contribution in [0, 0.1) is 0 Å². The summed E-state index contributed by atoms with van der Waals surface area (Å²) in [5.41, 5.74) is 6.79. The zero-order valence-electron chi connectivity index (χ0n) is 21.5. The van der Waals surface area contributed by atoms with Gasteiger partial charge in [0, 0.05) is 38.1 Å². The first kappa shape index (κ1) is 30.2. The first-order valence-corrected chi connectivity index (χ1v) is 12.6. The summed E-state index contributed by atoms with van der Waals surface area (Å²) in [7, 11) is 3.57. The quantitative estimate of drug-likeness (QED) is 0.232. The van der Waals surface area contributed by atoms with Gasteiger partial charge in [0.2, 0.25) is 11.8 Å². The molecule has 0 spiro atoms. The lowest BCUT2D eigenvalue weighted by Gasteiger charge is -2.25. The number of thiazole rings is 1. The van der Waals surface area contributed by atoms with E-state index in [0.717, 1.165) is 54.0 Å². The van der Waals surface area contributed by atoms with Crippen LogP contribution >= 0.6 is 11.3 Å². The number of nitrogens with zero attached hydrogens (tertiary/aromatic N) is 4. The fourth-order valence-electron chi connectivity index (χ4n) is 3.88. The molecule has 4 amide bonds. The van der Waals surface area contributed by atoms with Crippen molar-refractivity contribution in [3.8, 4) is 0 Å². The maximum Gasteiger partial charge on any atom is 0.432 e. The van der Waals surface area contributed by atoms with E-state index in [-0.39, 0.29) is 17.9 Å². The van der Waals surface area contributed by atoms with Crippen molar-refractivity contribution in [3.63, 3.8) is 0 Å². The molecule has 2 heterocycles. The van der Waals surface area contributed by atoms with Crippen molar-refractivity contribution in [2.24, 2.45) is 10.7 Å². The fraction of sp³-hybridized carbons (Fsp3) is 0.417. The van der Waals surface area contributed by atoms with E-state index < -0.39 is 12.2 Å². The van der Waals surface area contributed by atoms with Crippen LogP contribution in [0.4, 0.5) is 20.4 Å². The van der Waals surface area contributed by atoms with Crippen LogP contribution in [0.5, 0.6) is 0 Å². The number of carboxylic acid groups (broad SMARTS) is 2. The van der Waals surface area contributed by atoms with Crippen molar-refractivity contribution in [1.29, 1.82) is 0 Å². The summed E-state index contributed by atoms with van der Waals surface area (Å²) in [5, 5.41) is 21.9. The number of nitrogens with two attached hydrogens (primary N) is 1. The third kappa shape index (κ3) is 10.1. The van der Waals surface area contributed by atoms with Gasteiger partial charge in [0.1, 0.15) is 0 Å². The minimum atomic E-state index is -1.33. The zero-order chi connectivity index (χ0) is 28.2. The van der Waals surface area contributed by atoms with Crippen molar-refractivity contribution in [2.75, 3.05) is 31.3 Å². The molecule has 1 aromatic carbocycles. The van der Waals surface area contributed by atoms with Gasteiger partial charge < -0.3 is 31.5 Å². The number of likely N-dealkylation sites (tertiary alicyclic amines) is 1. The number of carbonyl (C=O) groups is 4. The van der Waals surface area contributed by atoms with Gasteiger partial charge in [-0.25, -0.2) is 14.6 Å². The molecule has 1 atom stereocenters. The Labute approximate surface area is 224 Å². The highest BCUT2D eigenvalue weighted by Gasteiger charge is 2.32. The zero-order valence-corrected chi connectivity index (χ0v) is 22.3. The van der Waals surface area contributed by atoms with Gasteiger partial charge >= 0.3 is 12.2 Å². The van der Waals surface area contributed by atoms with E-state index in [1.165, 1.54) is 18.3 Å². The molecule has 14 heteroatoms. The van der Waals surface area contributed by atoms with Crippen LogP contribution in [0.25, 0.3) is 0 Å². The standard InChI is InChI=1S/C23H30N6O4S.CH3NO2/c1-15(30)26-22-27-18(11-8-16-6-9-17(10-7-16)24-14-25-23(32)33)20(34-22)13-29-12-4-5-19(29)21(31)28(2)3;2-1(3)4/h6-7,9-10,14,19H,4-5,8,11-13H2,1-3H3,(H,24,25)(H,32,33)(H,26,27,30);2H2,(H,3,4)/t19-;/m0./s1. The summed E-state index contributed by atoms with van der Waals surface area (Å²) in [5.74, 6) is -0.0454. The SMILES string of the molecule is CC(=O)Nc1nc(CCc2ccc(NC=NC(=O)O)cc2)c(CN2CCC[C@H]2C(=O)N(C)C)s1.NC(=O)O. The number of benzene rings is 1. The maximum atomic E-state index is 12.6. The molecule has 0 bridgehead atoms. The summed E-state index contributed by atoms with van der Waals surface area (Å²) in [6.45, 7) is 2.95. The number of likely N-dealkylation sites (N-methyl/N-ethyl adjacent to an activating group) is 1. The van der Waals surface area contributed by atoms with E-state index in [9.17, 15) is 14.4 Å². The highest BCUT2D eigenvalue weighted by molar-refractivity contribution is 7.15. The first-order chi connectivity index (χ1) is 18.0. The molecule has 1 aliphatic heterocycles. The fourth-order valence-corrected chi connectivity index (χ4v) is 4.96. The topological polar surface area (TPSA) is 191 Å². The Balaban J connectivity index is 0.00000118. The summed E-state index contributed by atoms with van der Waals surface area (Å²) in [6, 6.07) is 7.51. The van der Waals surface area contributed by atoms with Gasteiger partial charge in [0.05, 0.1) is 18.1 Å². The first-order valence-electron chi connectivity index (χ1n) is 11.8. The van der Waals surface area contributed by atoms with Crippen molar-refractivity contribution in [3.05, 3.63) is 40.4 Å². The van der Waals surface area contributed by atoms with Crippen molar-refractivity contribution >= 4 is 52.5 Å². The largest absolute Gasteiger partial charge is 0.465 e. The van der Waals surface area contributed by atoms with Crippen LogP contribution in [0.2, 0.25) is 0 Å². The molecule has 1 fully saturated rings. The minimum absolute atomic E-state index is 0.118. The molecule has 1 aromatic heterocycles. The van der Waals surface area contributed by atoms with Crippen LogP contribution in [0.15, 0.2) is 29.3 Å². The molecule has 0 saturated carbocycles. The lowest BCUT2D eigenvalue weighted by atomic mass is 10.1. The van der Waals surface area contributed by atoms with Gasteiger partial charge in [0.25, 0.3) is 0 Å². The molecule has 206 valence electrons. The summed E-state index contributed by atoms with van der Waals surface area (Å²) < 4.78 is 0. The Morgan fingerprint density at radius 1 is 1.21 bits per heavy atom. The van der Waals surface area contributed by atoms with Gasteiger partial charge in [-0.15, -0.1) is 11.3 Å². The smallest absolute Gasteiger partial charge is 0.432 e. The number of aromatic nitrogens is 1. The molecule has 0 radical (unpaired) electrons. The molecule has 0 unspecified atom stereocenters. The Hall–Kier alpha value is -4.04. The van der Waals surface area contributed by atoms with Crippen LogP contribution in [0.1, 0.15) is 35.9 Å². The molecule has 38 heavy (non-hydrogen) atoms. The van der Waals surface area contributed by atoms with Crippen LogP contribution in [-0.4, -0.2) is 82.0 Å². The molecular weight excluding hydrogens is 514 g/mol. The Kier molecular flexibility index (Phi) is 11.6. The van der Waals surface area contributed by atoms with Crippen LogP contribution in [-0.2, 0) is 29.0 Å². The van der Waals surface area contributed by atoms with Gasteiger partial charge in [0.15, 0.2) is 5.13 Å². The molecular formula is C24H33N7O6S. The van der Waals surface area contributed by atoms with Gasteiger partial charge in [-0.1, -0.05) is 12.1 Å². The number of nitrogens with one attached hydrogen (secondary N) is 2. The summed E-state index contributed by atoms with van der Waals surface area (Å²) >= 11 is 1.46. The Morgan fingerprint density at radius 3 is 2.45 bits per heavy atom. The summed E-state index contributed by atoms with van der Waals surface area (Å²) in [4.78, 5) is 56.2. The van der Waals surface area contributed by atoms with E-state index in [0.29, 0.717) is 18.1 Å². The number of aliphatic imine (C=N–C) groups is 1. The van der Waals surface area contributed by atoms with Gasteiger partial charge in [-0.05, 0) is 49.9 Å². The average molecular weight is 548 g/mol. The number of aryl methyl sites for hydroxylation is 2. The van der Waals surface area contributed by atoms with Gasteiger partial charge in [-0.3, -0.25) is 14.5 Å². The Morgan fingerprint density at radius 2 is 1.87 bits per heavy atom. The lowest BCUT2D eigenvalue weighted by Crippen LogP contribution is -2.42. The highest BCUT2D eigenvalue weighted by atomic mass is 32.1. The second-order valence-corrected chi connectivity index (χ2v) is 9.74.